The molecule has 1 fully saturated rings. The molecular weight excluding hydrogens is 418 g/mol. The van der Waals surface area contributed by atoms with Gasteiger partial charge in [-0.15, -0.1) is 0 Å². The van der Waals surface area contributed by atoms with Gasteiger partial charge in [-0.3, -0.25) is 0 Å². The summed E-state index contributed by atoms with van der Waals surface area (Å²) in [6.45, 7) is 0.778. The van der Waals surface area contributed by atoms with Crippen LogP contribution >= 0.6 is 0 Å². The minimum absolute atomic E-state index is 0.119. The van der Waals surface area contributed by atoms with Crippen LogP contribution in [0.25, 0.3) is 0 Å². The smallest absolute Gasteiger partial charge is 0.240 e. The van der Waals surface area contributed by atoms with Crippen molar-refractivity contribution in [3.8, 4) is 0 Å². The minimum Gasteiger partial charge on any atom is -0.399 e. The molecule has 5 nitrogen and oxygen atoms in total. The van der Waals surface area contributed by atoms with Crippen LogP contribution in [0.2, 0.25) is 0 Å². The summed E-state index contributed by atoms with van der Waals surface area (Å²) in [7, 11) is -3.59. The van der Waals surface area contributed by atoms with Crippen LogP contribution in [0.5, 0.6) is 0 Å². The molecule has 6 heteroatoms. The summed E-state index contributed by atoms with van der Waals surface area (Å²) in [5, 5.41) is 3.71. The van der Waals surface area contributed by atoms with Gasteiger partial charge in [0.25, 0.3) is 0 Å². The average Bonchev–Trinajstić information content (AvgIpc) is 2.96. The van der Waals surface area contributed by atoms with E-state index in [-0.39, 0.29) is 22.9 Å². The first-order valence-corrected chi connectivity index (χ1v) is 12.8. The molecule has 3 aromatic rings. The molecular formula is C26H29N3O2S. The Morgan fingerprint density at radius 3 is 2.06 bits per heavy atom. The van der Waals surface area contributed by atoms with E-state index in [0.29, 0.717) is 5.69 Å². The molecule has 0 saturated carbocycles. The number of nitrogens with one attached hydrogen (secondary N) is 2. The predicted octanol–water partition coefficient (Wildman–Crippen LogP) is 3.60. The van der Waals surface area contributed by atoms with Crippen LogP contribution in [0.3, 0.4) is 0 Å². The topological polar surface area (TPSA) is 84.2 Å². The van der Waals surface area contributed by atoms with Crippen molar-refractivity contribution in [2.45, 2.75) is 48.6 Å². The maximum absolute atomic E-state index is 13.0. The van der Waals surface area contributed by atoms with E-state index < -0.39 is 10.0 Å². The number of piperidine rings is 1. The van der Waals surface area contributed by atoms with Gasteiger partial charge in [-0.25, -0.2) is 13.1 Å². The highest BCUT2D eigenvalue weighted by atomic mass is 32.2. The molecule has 1 heterocycles. The Kier molecular flexibility index (Phi) is 5.76. The van der Waals surface area contributed by atoms with E-state index in [4.69, 9.17) is 5.73 Å². The minimum atomic E-state index is -3.59. The Hall–Kier alpha value is -2.67. The van der Waals surface area contributed by atoms with E-state index in [1.807, 2.05) is 0 Å². The number of hydrogen-bond acceptors (Lipinski definition) is 4. The van der Waals surface area contributed by atoms with E-state index in [9.17, 15) is 8.42 Å². The lowest BCUT2D eigenvalue weighted by Crippen LogP contribution is -2.50. The van der Waals surface area contributed by atoms with Gasteiger partial charge in [-0.2, -0.15) is 0 Å². The summed E-state index contributed by atoms with van der Waals surface area (Å²) in [5.41, 5.74) is 11.8. The largest absolute Gasteiger partial charge is 0.399 e. The molecule has 2 unspecified atom stereocenters. The highest BCUT2D eigenvalue weighted by molar-refractivity contribution is 7.89. The maximum atomic E-state index is 13.0. The molecule has 2 aliphatic rings. The van der Waals surface area contributed by atoms with Gasteiger partial charge in [0.2, 0.25) is 10.0 Å². The Balaban J connectivity index is 1.44. The van der Waals surface area contributed by atoms with Crippen molar-refractivity contribution in [2.24, 2.45) is 0 Å². The van der Waals surface area contributed by atoms with Gasteiger partial charge in [-0.1, -0.05) is 48.5 Å². The zero-order valence-corrected chi connectivity index (χ0v) is 18.8. The average molecular weight is 448 g/mol. The molecule has 1 aliphatic heterocycles. The van der Waals surface area contributed by atoms with Crippen molar-refractivity contribution < 1.29 is 8.42 Å². The van der Waals surface area contributed by atoms with Crippen LogP contribution in [0.15, 0.2) is 77.7 Å². The molecule has 3 aromatic carbocycles. The second-order valence-electron chi connectivity index (χ2n) is 8.85. The first-order valence-electron chi connectivity index (χ1n) is 11.3. The molecule has 0 radical (unpaired) electrons. The molecule has 0 aromatic heterocycles. The zero-order chi connectivity index (χ0) is 22.1. The zero-order valence-electron chi connectivity index (χ0n) is 18.0. The van der Waals surface area contributed by atoms with E-state index in [1.54, 1.807) is 24.3 Å². The predicted molar refractivity (Wildman–Crippen MR) is 128 cm³/mol. The number of nitrogens with two attached hydrogens (primary N) is 1. The van der Waals surface area contributed by atoms with Crippen LogP contribution in [-0.2, 0) is 22.9 Å². The first kappa shape index (κ1) is 21.2. The monoisotopic (exact) mass is 447 g/mol. The molecule has 0 amide bonds. The molecule has 2 atom stereocenters. The van der Waals surface area contributed by atoms with Crippen molar-refractivity contribution in [3.05, 3.63) is 95.1 Å². The molecule has 5 rings (SSSR count). The van der Waals surface area contributed by atoms with E-state index in [2.05, 4.69) is 58.6 Å². The summed E-state index contributed by atoms with van der Waals surface area (Å²) in [5.74, 6) is 0.203. The first-order chi connectivity index (χ1) is 15.5. The van der Waals surface area contributed by atoms with Gasteiger partial charge in [0.1, 0.15) is 0 Å². The van der Waals surface area contributed by atoms with E-state index in [0.717, 1.165) is 32.2 Å². The lowest BCUT2D eigenvalue weighted by Gasteiger charge is -2.37. The Labute approximate surface area is 190 Å². The quantitative estimate of drug-likeness (QED) is 0.534. The number of nitrogen functional groups attached to an aromatic ring is 1. The number of aryl methyl sites for hydroxylation is 2. The second kappa shape index (κ2) is 8.70. The SMILES string of the molecule is Nc1ccc(S(=O)(=O)NC2CCNC(C3c4ccccc4CCc4ccccc43)C2)cc1. The normalized spacial score (nSPS) is 21.4. The van der Waals surface area contributed by atoms with Crippen molar-refractivity contribution in [3.63, 3.8) is 0 Å². The van der Waals surface area contributed by atoms with E-state index in [1.165, 1.54) is 22.3 Å². The number of anilines is 1. The molecule has 166 valence electrons. The Morgan fingerprint density at radius 1 is 0.844 bits per heavy atom. The van der Waals surface area contributed by atoms with Crippen LogP contribution in [-0.4, -0.2) is 27.0 Å². The van der Waals surface area contributed by atoms with Crippen LogP contribution in [0, 0.1) is 0 Å². The Morgan fingerprint density at radius 2 is 1.44 bits per heavy atom. The highest BCUT2D eigenvalue weighted by Crippen LogP contribution is 2.38. The fraction of sp³-hybridized carbons (Fsp3) is 0.308. The summed E-state index contributed by atoms with van der Waals surface area (Å²) in [6.07, 6.45) is 3.56. The lowest BCUT2D eigenvalue weighted by atomic mass is 9.79. The number of rotatable bonds is 4. The van der Waals surface area contributed by atoms with Gasteiger partial charge in [-0.05, 0) is 78.7 Å². The highest BCUT2D eigenvalue weighted by Gasteiger charge is 2.35. The summed E-state index contributed by atoms with van der Waals surface area (Å²) < 4.78 is 28.9. The van der Waals surface area contributed by atoms with Crippen molar-refractivity contribution in [1.29, 1.82) is 0 Å². The van der Waals surface area contributed by atoms with Crippen molar-refractivity contribution in [2.75, 3.05) is 12.3 Å². The third kappa shape index (κ3) is 4.18. The molecule has 1 saturated heterocycles. The molecule has 32 heavy (non-hydrogen) atoms. The fourth-order valence-corrected chi connectivity index (χ4v) is 6.53. The summed E-state index contributed by atoms with van der Waals surface area (Å²) in [6, 6.07) is 23.8. The number of fused-ring (bicyclic) bond motifs is 2. The van der Waals surface area contributed by atoms with Gasteiger partial charge >= 0.3 is 0 Å². The van der Waals surface area contributed by atoms with Crippen molar-refractivity contribution >= 4 is 15.7 Å². The number of benzene rings is 3. The van der Waals surface area contributed by atoms with Gasteiger partial charge in [0.05, 0.1) is 4.90 Å². The summed E-state index contributed by atoms with van der Waals surface area (Å²) in [4.78, 5) is 0.256. The fourth-order valence-electron chi connectivity index (χ4n) is 5.25. The Bertz CT molecular complexity index is 1160. The molecule has 1 aliphatic carbocycles. The van der Waals surface area contributed by atoms with Gasteiger partial charge in [0.15, 0.2) is 0 Å². The van der Waals surface area contributed by atoms with Crippen molar-refractivity contribution in [1.82, 2.24) is 10.0 Å². The second-order valence-corrected chi connectivity index (χ2v) is 10.6. The summed E-state index contributed by atoms with van der Waals surface area (Å²) >= 11 is 0. The van der Waals surface area contributed by atoms with Gasteiger partial charge < -0.3 is 11.1 Å². The van der Waals surface area contributed by atoms with Gasteiger partial charge in [0, 0.05) is 23.7 Å². The van der Waals surface area contributed by atoms with E-state index >= 15 is 0 Å². The van der Waals surface area contributed by atoms with Crippen LogP contribution < -0.4 is 15.8 Å². The van der Waals surface area contributed by atoms with Crippen LogP contribution in [0.4, 0.5) is 5.69 Å². The number of sulfonamides is 1. The third-order valence-electron chi connectivity index (χ3n) is 6.80. The lowest BCUT2D eigenvalue weighted by molar-refractivity contribution is 0.323. The standard InChI is InChI=1S/C26H29N3O2S/c27-20-11-13-22(14-12-20)32(30,31)29-21-15-16-28-25(17-21)26-23-7-3-1-5-18(23)9-10-19-6-2-4-8-24(19)26/h1-8,11-14,21,25-26,28-29H,9-10,15-17,27H2. The molecule has 4 N–H and O–H groups in total. The maximum Gasteiger partial charge on any atom is 0.240 e. The third-order valence-corrected chi connectivity index (χ3v) is 8.33. The molecule has 0 bridgehead atoms. The number of hydrogen-bond donors (Lipinski definition) is 3. The molecule has 0 spiro atoms. The van der Waals surface area contributed by atoms with Crippen LogP contribution in [0.1, 0.15) is 41.0 Å².